The van der Waals surface area contributed by atoms with Crippen LogP contribution in [0.15, 0.2) is 41.1 Å². The average Bonchev–Trinajstić information content (AvgIpc) is 3.18. The summed E-state index contributed by atoms with van der Waals surface area (Å²) in [6, 6.07) is 5.39. The van der Waals surface area contributed by atoms with Crippen LogP contribution in [-0.4, -0.2) is 34.5 Å². The summed E-state index contributed by atoms with van der Waals surface area (Å²) in [4.78, 5) is 26.8. The molecule has 2 aromatic rings. The van der Waals surface area contributed by atoms with E-state index in [2.05, 4.69) is 15.0 Å². The number of nitrogens with one attached hydrogen (secondary N) is 1. The van der Waals surface area contributed by atoms with Crippen molar-refractivity contribution in [3.05, 3.63) is 47.7 Å². The van der Waals surface area contributed by atoms with Crippen molar-refractivity contribution < 1.29 is 27.3 Å². The highest BCUT2D eigenvalue weighted by molar-refractivity contribution is 5.99. The third-order valence-corrected chi connectivity index (χ3v) is 4.75. The fourth-order valence-electron chi connectivity index (χ4n) is 3.34. The van der Waals surface area contributed by atoms with Crippen LogP contribution < -0.4 is 5.32 Å². The molecule has 0 radical (unpaired) electrons. The second-order valence-electron chi connectivity index (χ2n) is 6.73. The van der Waals surface area contributed by atoms with Gasteiger partial charge in [-0.2, -0.15) is 13.2 Å². The van der Waals surface area contributed by atoms with Gasteiger partial charge in [0.05, 0.1) is 5.56 Å². The maximum Gasteiger partial charge on any atom is 0.416 e. The van der Waals surface area contributed by atoms with E-state index in [9.17, 15) is 22.8 Å². The minimum absolute atomic E-state index is 0.118. The second-order valence-corrected chi connectivity index (χ2v) is 6.73. The molecule has 0 saturated heterocycles. The van der Waals surface area contributed by atoms with E-state index in [0.717, 1.165) is 56.4 Å². The minimum Gasteiger partial charge on any atom is -0.363 e. The lowest BCUT2D eigenvalue weighted by Gasteiger charge is -2.34. The van der Waals surface area contributed by atoms with Crippen LogP contribution in [0.4, 0.5) is 19.0 Å². The fraction of sp³-hybridized carbons (Fsp3) is 0.421. The molecule has 1 aromatic heterocycles. The Morgan fingerprint density at radius 3 is 2.36 bits per heavy atom. The molecule has 0 atom stereocenters. The van der Waals surface area contributed by atoms with E-state index in [0.29, 0.717) is 0 Å². The molecule has 0 bridgehead atoms. The summed E-state index contributed by atoms with van der Waals surface area (Å²) >= 11 is 0. The molecular formula is C19H20F3N3O3. The molecule has 1 aromatic carbocycles. The fourth-order valence-corrected chi connectivity index (χ4v) is 3.34. The normalized spacial score (nSPS) is 15.2. The Morgan fingerprint density at radius 1 is 1.11 bits per heavy atom. The lowest BCUT2D eigenvalue weighted by atomic mass is 9.93. The molecule has 6 nitrogen and oxygen atoms in total. The first kappa shape index (κ1) is 19.9. The molecule has 1 fully saturated rings. The van der Waals surface area contributed by atoms with E-state index in [1.54, 1.807) is 0 Å². The number of hydrogen-bond donors (Lipinski definition) is 1. The monoisotopic (exact) mass is 395 g/mol. The molecule has 0 unspecified atom stereocenters. The highest BCUT2D eigenvalue weighted by Gasteiger charge is 2.32. The Labute approximate surface area is 159 Å². The predicted octanol–water partition coefficient (Wildman–Crippen LogP) is 4.11. The van der Waals surface area contributed by atoms with Gasteiger partial charge in [0.1, 0.15) is 12.8 Å². The Balaban J connectivity index is 1.77. The quantitative estimate of drug-likeness (QED) is 0.827. The molecule has 1 saturated carbocycles. The van der Waals surface area contributed by atoms with E-state index < -0.39 is 23.6 Å². The van der Waals surface area contributed by atoms with Crippen molar-refractivity contribution in [1.82, 2.24) is 10.1 Å². The first-order valence-electron chi connectivity index (χ1n) is 9.03. The number of nitrogens with zero attached hydrogens (tertiary/aromatic N) is 2. The number of alkyl halides is 3. The van der Waals surface area contributed by atoms with Gasteiger partial charge in [-0.25, -0.2) is 0 Å². The number of hydrogen-bond acceptors (Lipinski definition) is 4. The summed E-state index contributed by atoms with van der Waals surface area (Å²) in [5.74, 6) is -0.675. The molecule has 28 heavy (non-hydrogen) atoms. The van der Waals surface area contributed by atoms with E-state index in [1.165, 1.54) is 17.2 Å². The Morgan fingerprint density at radius 2 is 1.79 bits per heavy atom. The standard InChI is InChI=1S/C19H20F3N3O3/c20-19(21,22)14-8-6-13(7-9-14)18(27)25(15-4-2-1-3-5-15)12-17(26)23-16-10-11-28-24-16/h6-11,15H,1-5,12H2,(H,23,24,26). The molecule has 150 valence electrons. The lowest BCUT2D eigenvalue weighted by molar-refractivity contribution is -0.137. The maximum atomic E-state index is 13.0. The van der Waals surface area contributed by atoms with Crippen LogP contribution in [0.3, 0.4) is 0 Å². The number of amides is 2. The number of carbonyl (C=O) groups is 2. The zero-order chi connectivity index (χ0) is 20.1. The van der Waals surface area contributed by atoms with Crippen LogP contribution in [0.1, 0.15) is 48.0 Å². The highest BCUT2D eigenvalue weighted by atomic mass is 19.4. The van der Waals surface area contributed by atoms with Gasteiger partial charge in [-0.05, 0) is 37.1 Å². The third-order valence-electron chi connectivity index (χ3n) is 4.75. The van der Waals surface area contributed by atoms with Gasteiger partial charge in [0.25, 0.3) is 5.91 Å². The number of halogens is 3. The Kier molecular flexibility index (Phi) is 6.01. The van der Waals surface area contributed by atoms with Crippen LogP contribution in [0.2, 0.25) is 0 Å². The molecular weight excluding hydrogens is 375 g/mol. The predicted molar refractivity (Wildman–Crippen MR) is 94.5 cm³/mol. The Hall–Kier alpha value is -2.84. The number of aromatic nitrogens is 1. The average molecular weight is 395 g/mol. The van der Waals surface area contributed by atoms with Gasteiger partial charge in [0.2, 0.25) is 5.91 Å². The van der Waals surface area contributed by atoms with E-state index in [-0.39, 0.29) is 24.0 Å². The zero-order valence-corrected chi connectivity index (χ0v) is 15.0. The van der Waals surface area contributed by atoms with Gasteiger partial charge in [-0.3, -0.25) is 9.59 Å². The van der Waals surface area contributed by atoms with Crippen LogP contribution in [0.25, 0.3) is 0 Å². The van der Waals surface area contributed by atoms with Crippen molar-refractivity contribution in [1.29, 1.82) is 0 Å². The van der Waals surface area contributed by atoms with Gasteiger partial charge in [0, 0.05) is 17.7 Å². The third kappa shape index (κ3) is 4.90. The summed E-state index contributed by atoms with van der Waals surface area (Å²) in [6.45, 7) is -0.211. The summed E-state index contributed by atoms with van der Waals surface area (Å²) in [7, 11) is 0. The summed E-state index contributed by atoms with van der Waals surface area (Å²) in [6.07, 6.45) is 1.28. The van der Waals surface area contributed by atoms with Crippen LogP contribution >= 0.6 is 0 Å². The van der Waals surface area contributed by atoms with E-state index in [4.69, 9.17) is 0 Å². The molecule has 0 aliphatic heterocycles. The number of rotatable bonds is 5. The SMILES string of the molecule is O=C(CN(C(=O)c1ccc(C(F)(F)F)cc1)C1CCCCC1)Nc1ccon1. The van der Waals surface area contributed by atoms with E-state index in [1.807, 2.05) is 0 Å². The van der Waals surface area contributed by atoms with Crippen molar-refractivity contribution in [2.45, 2.75) is 44.3 Å². The van der Waals surface area contributed by atoms with Crippen molar-refractivity contribution in [2.75, 3.05) is 11.9 Å². The van der Waals surface area contributed by atoms with Gasteiger partial charge in [-0.15, -0.1) is 0 Å². The van der Waals surface area contributed by atoms with Gasteiger partial charge < -0.3 is 14.7 Å². The minimum atomic E-state index is -4.47. The van der Waals surface area contributed by atoms with Crippen molar-refractivity contribution in [3.8, 4) is 0 Å². The largest absolute Gasteiger partial charge is 0.416 e. The first-order valence-corrected chi connectivity index (χ1v) is 9.03. The van der Waals surface area contributed by atoms with Gasteiger partial charge in [-0.1, -0.05) is 24.4 Å². The highest BCUT2D eigenvalue weighted by Crippen LogP contribution is 2.30. The lowest BCUT2D eigenvalue weighted by Crippen LogP contribution is -2.45. The topological polar surface area (TPSA) is 75.4 Å². The number of carbonyl (C=O) groups excluding carboxylic acids is 2. The number of anilines is 1. The molecule has 1 aliphatic carbocycles. The molecule has 2 amide bonds. The Bertz CT molecular complexity index is 798. The maximum absolute atomic E-state index is 13.0. The molecule has 1 N–H and O–H groups in total. The second kappa shape index (κ2) is 8.45. The molecule has 0 spiro atoms. The smallest absolute Gasteiger partial charge is 0.363 e. The van der Waals surface area contributed by atoms with E-state index >= 15 is 0 Å². The number of benzene rings is 1. The van der Waals surface area contributed by atoms with Crippen molar-refractivity contribution >= 4 is 17.6 Å². The van der Waals surface area contributed by atoms with Crippen molar-refractivity contribution in [2.24, 2.45) is 0 Å². The summed E-state index contributed by atoms with van der Waals surface area (Å²) in [5, 5.41) is 6.14. The van der Waals surface area contributed by atoms with Gasteiger partial charge >= 0.3 is 6.18 Å². The zero-order valence-electron chi connectivity index (χ0n) is 15.0. The molecule has 1 aliphatic rings. The first-order chi connectivity index (χ1) is 13.3. The van der Waals surface area contributed by atoms with Crippen LogP contribution in [0.5, 0.6) is 0 Å². The summed E-state index contributed by atoms with van der Waals surface area (Å²) in [5.41, 5.74) is -0.704. The van der Waals surface area contributed by atoms with Crippen molar-refractivity contribution in [3.63, 3.8) is 0 Å². The van der Waals surface area contributed by atoms with Crippen LogP contribution in [0, 0.1) is 0 Å². The molecule has 3 rings (SSSR count). The summed E-state index contributed by atoms with van der Waals surface area (Å²) < 4.78 is 42.9. The van der Waals surface area contributed by atoms with Crippen LogP contribution in [-0.2, 0) is 11.0 Å². The van der Waals surface area contributed by atoms with Gasteiger partial charge in [0.15, 0.2) is 5.82 Å². The molecule has 1 heterocycles. The molecule has 9 heteroatoms.